The van der Waals surface area contributed by atoms with Crippen LogP contribution >= 0.6 is 0 Å². The average Bonchev–Trinajstić information content (AvgIpc) is 3.14. The Hall–Kier alpha value is -2.37. The number of anilines is 1. The van der Waals surface area contributed by atoms with E-state index in [0.29, 0.717) is 42.6 Å². The molecule has 6 heteroatoms. The Labute approximate surface area is 128 Å². The smallest absolute Gasteiger partial charge is 0.318 e. The molecule has 1 saturated heterocycles. The summed E-state index contributed by atoms with van der Waals surface area (Å²) in [6, 6.07) is 7.96. The second-order valence-corrected chi connectivity index (χ2v) is 5.88. The zero-order valence-electron chi connectivity index (χ0n) is 12.4. The van der Waals surface area contributed by atoms with Crippen molar-refractivity contribution in [2.75, 3.05) is 18.0 Å². The molecule has 0 bridgehead atoms. The predicted molar refractivity (Wildman–Crippen MR) is 79.3 cm³/mol. The molecule has 0 aliphatic carbocycles. The van der Waals surface area contributed by atoms with Crippen molar-refractivity contribution in [3.05, 3.63) is 35.7 Å². The SMILES string of the molecule is CCc1nnc(N2CCC3(CC(=O)c4ccccc4O3)C2)o1. The van der Waals surface area contributed by atoms with Gasteiger partial charge in [-0.05, 0) is 12.1 Å². The van der Waals surface area contributed by atoms with Gasteiger partial charge in [0.15, 0.2) is 5.78 Å². The maximum Gasteiger partial charge on any atom is 0.318 e. The summed E-state index contributed by atoms with van der Waals surface area (Å²) >= 11 is 0. The van der Waals surface area contributed by atoms with E-state index in [2.05, 4.69) is 10.2 Å². The van der Waals surface area contributed by atoms with E-state index in [1.165, 1.54) is 0 Å². The number of Topliss-reactive ketones (excluding diaryl/α,β-unsaturated/α-hetero) is 1. The average molecular weight is 299 g/mol. The first-order valence-electron chi connectivity index (χ1n) is 7.58. The van der Waals surface area contributed by atoms with Gasteiger partial charge in [-0.25, -0.2) is 0 Å². The minimum atomic E-state index is -0.480. The van der Waals surface area contributed by atoms with E-state index in [9.17, 15) is 4.79 Å². The number of benzene rings is 1. The number of ketones is 1. The number of rotatable bonds is 2. The lowest BCUT2D eigenvalue weighted by molar-refractivity contribution is 0.0537. The van der Waals surface area contributed by atoms with Crippen molar-refractivity contribution in [3.63, 3.8) is 0 Å². The molecule has 2 aliphatic rings. The number of hydrogen-bond donors (Lipinski definition) is 0. The Balaban J connectivity index is 1.58. The molecule has 1 aromatic carbocycles. The Kier molecular flexibility index (Phi) is 2.92. The summed E-state index contributed by atoms with van der Waals surface area (Å²) in [5.74, 6) is 1.45. The largest absolute Gasteiger partial charge is 0.484 e. The normalized spacial score (nSPS) is 23.7. The molecule has 1 spiro atoms. The van der Waals surface area contributed by atoms with Gasteiger partial charge in [-0.1, -0.05) is 24.2 Å². The summed E-state index contributed by atoms with van der Waals surface area (Å²) in [7, 11) is 0. The summed E-state index contributed by atoms with van der Waals surface area (Å²) < 4.78 is 11.8. The minimum Gasteiger partial charge on any atom is -0.484 e. The fourth-order valence-electron chi connectivity index (χ4n) is 3.19. The topological polar surface area (TPSA) is 68.5 Å². The highest BCUT2D eigenvalue weighted by Crippen LogP contribution is 2.39. The molecule has 1 aromatic heterocycles. The quantitative estimate of drug-likeness (QED) is 0.847. The summed E-state index contributed by atoms with van der Waals surface area (Å²) in [6.07, 6.45) is 1.89. The lowest BCUT2D eigenvalue weighted by Crippen LogP contribution is -2.44. The van der Waals surface area contributed by atoms with Crippen molar-refractivity contribution in [1.29, 1.82) is 0 Å². The van der Waals surface area contributed by atoms with Crippen molar-refractivity contribution in [2.24, 2.45) is 0 Å². The molecule has 1 unspecified atom stereocenters. The van der Waals surface area contributed by atoms with E-state index < -0.39 is 5.60 Å². The third-order valence-corrected chi connectivity index (χ3v) is 4.34. The van der Waals surface area contributed by atoms with Gasteiger partial charge in [0.05, 0.1) is 18.5 Å². The lowest BCUT2D eigenvalue weighted by atomic mass is 9.89. The molecule has 0 radical (unpaired) electrons. The van der Waals surface area contributed by atoms with Crippen LogP contribution in [0.15, 0.2) is 28.7 Å². The molecule has 0 N–H and O–H groups in total. The van der Waals surface area contributed by atoms with Gasteiger partial charge in [0.1, 0.15) is 11.4 Å². The number of carbonyl (C=O) groups excluding carboxylic acids is 1. The van der Waals surface area contributed by atoms with E-state index in [0.717, 1.165) is 13.0 Å². The van der Waals surface area contributed by atoms with Gasteiger partial charge in [0, 0.05) is 19.4 Å². The van der Waals surface area contributed by atoms with Gasteiger partial charge in [-0.3, -0.25) is 4.79 Å². The monoisotopic (exact) mass is 299 g/mol. The molecular formula is C16H17N3O3. The second kappa shape index (κ2) is 4.83. The minimum absolute atomic E-state index is 0.142. The first-order chi connectivity index (χ1) is 10.7. The van der Waals surface area contributed by atoms with Crippen molar-refractivity contribution in [1.82, 2.24) is 10.2 Å². The second-order valence-electron chi connectivity index (χ2n) is 5.88. The van der Waals surface area contributed by atoms with Crippen LogP contribution in [-0.4, -0.2) is 34.7 Å². The van der Waals surface area contributed by atoms with Gasteiger partial charge in [-0.15, -0.1) is 5.10 Å². The molecule has 0 saturated carbocycles. The van der Waals surface area contributed by atoms with Crippen LogP contribution in [0.2, 0.25) is 0 Å². The molecule has 0 amide bonds. The summed E-state index contributed by atoms with van der Waals surface area (Å²) in [4.78, 5) is 14.4. The maximum atomic E-state index is 12.4. The van der Waals surface area contributed by atoms with Crippen molar-refractivity contribution in [2.45, 2.75) is 31.8 Å². The molecule has 22 heavy (non-hydrogen) atoms. The lowest BCUT2D eigenvalue weighted by Gasteiger charge is -2.34. The highest BCUT2D eigenvalue weighted by molar-refractivity contribution is 6.00. The Morgan fingerprint density at radius 1 is 1.32 bits per heavy atom. The van der Waals surface area contributed by atoms with Crippen LogP contribution in [0.4, 0.5) is 6.01 Å². The van der Waals surface area contributed by atoms with Gasteiger partial charge in [-0.2, -0.15) is 0 Å². The zero-order chi connectivity index (χ0) is 15.2. The molecular weight excluding hydrogens is 282 g/mol. The Bertz CT molecular complexity index is 727. The van der Waals surface area contributed by atoms with Crippen molar-refractivity contribution < 1.29 is 13.9 Å². The van der Waals surface area contributed by atoms with Gasteiger partial charge in [0.25, 0.3) is 0 Å². The molecule has 2 aliphatic heterocycles. The molecule has 2 aromatic rings. The van der Waals surface area contributed by atoms with E-state index >= 15 is 0 Å². The number of fused-ring (bicyclic) bond motifs is 1. The van der Waals surface area contributed by atoms with Crippen LogP contribution < -0.4 is 9.64 Å². The number of nitrogens with zero attached hydrogens (tertiary/aromatic N) is 3. The zero-order valence-corrected chi connectivity index (χ0v) is 12.4. The van der Waals surface area contributed by atoms with E-state index in [1.54, 1.807) is 0 Å². The summed E-state index contributed by atoms with van der Waals surface area (Å²) in [5, 5.41) is 8.08. The number of aryl methyl sites for hydroxylation is 1. The summed E-state index contributed by atoms with van der Waals surface area (Å²) in [5.41, 5.74) is 0.198. The van der Waals surface area contributed by atoms with Gasteiger partial charge in [0.2, 0.25) is 5.89 Å². The van der Waals surface area contributed by atoms with E-state index in [4.69, 9.17) is 9.15 Å². The Morgan fingerprint density at radius 2 is 2.18 bits per heavy atom. The van der Waals surface area contributed by atoms with Crippen LogP contribution in [0.1, 0.15) is 36.0 Å². The standard InChI is InChI=1S/C16H17N3O3/c1-2-14-17-18-15(21-14)19-8-7-16(10-19)9-12(20)11-5-3-4-6-13(11)22-16/h3-6H,2,7-10H2,1H3. The molecule has 4 rings (SSSR count). The fourth-order valence-corrected chi connectivity index (χ4v) is 3.19. The molecule has 3 heterocycles. The number of para-hydroxylation sites is 1. The number of hydrogen-bond acceptors (Lipinski definition) is 6. The Morgan fingerprint density at radius 3 is 3.00 bits per heavy atom. The van der Waals surface area contributed by atoms with Crippen LogP contribution in [-0.2, 0) is 6.42 Å². The highest BCUT2D eigenvalue weighted by atomic mass is 16.5. The molecule has 114 valence electrons. The van der Waals surface area contributed by atoms with Crippen LogP contribution in [0.5, 0.6) is 5.75 Å². The summed E-state index contributed by atoms with van der Waals surface area (Å²) in [6.45, 7) is 3.32. The fraction of sp³-hybridized carbons (Fsp3) is 0.438. The van der Waals surface area contributed by atoms with Gasteiger partial charge >= 0.3 is 6.01 Å². The third kappa shape index (κ3) is 2.06. The highest BCUT2D eigenvalue weighted by Gasteiger charge is 2.46. The van der Waals surface area contributed by atoms with Crippen molar-refractivity contribution in [3.8, 4) is 5.75 Å². The first-order valence-corrected chi connectivity index (χ1v) is 7.58. The molecule has 6 nitrogen and oxygen atoms in total. The number of aromatic nitrogens is 2. The number of carbonyl (C=O) groups is 1. The number of ether oxygens (including phenoxy) is 1. The first kappa shape index (κ1) is 13.3. The van der Waals surface area contributed by atoms with E-state index in [-0.39, 0.29) is 5.78 Å². The van der Waals surface area contributed by atoms with Gasteiger partial charge < -0.3 is 14.1 Å². The van der Waals surface area contributed by atoms with Crippen LogP contribution in [0, 0.1) is 0 Å². The predicted octanol–water partition coefficient (Wildman–Crippen LogP) is 2.25. The van der Waals surface area contributed by atoms with Crippen LogP contribution in [0.25, 0.3) is 0 Å². The maximum absolute atomic E-state index is 12.4. The van der Waals surface area contributed by atoms with Crippen molar-refractivity contribution >= 4 is 11.8 Å². The molecule has 1 fully saturated rings. The van der Waals surface area contributed by atoms with Crippen LogP contribution in [0.3, 0.4) is 0 Å². The van der Waals surface area contributed by atoms with E-state index in [1.807, 2.05) is 36.1 Å². The third-order valence-electron chi connectivity index (χ3n) is 4.34. The molecule has 1 atom stereocenters.